The summed E-state index contributed by atoms with van der Waals surface area (Å²) in [5.74, 6) is -5.50. The van der Waals surface area contributed by atoms with E-state index in [1.54, 1.807) is 30.3 Å². The van der Waals surface area contributed by atoms with Crippen molar-refractivity contribution < 1.29 is 32.6 Å². The second-order valence-electron chi connectivity index (χ2n) is 6.13. The largest absolute Gasteiger partial charge is 0.481 e. The number of carbonyl (C=O) groups is 2. The molecule has 0 atom stereocenters. The van der Waals surface area contributed by atoms with Gasteiger partial charge in [0.15, 0.2) is 0 Å². The van der Waals surface area contributed by atoms with Crippen LogP contribution in [0.3, 0.4) is 0 Å². The van der Waals surface area contributed by atoms with Gasteiger partial charge in [0.05, 0.1) is 0 Å². The molecule has 2 aromatic carbocycles. The van der Waals surface area contributed by atoms with Gasteiger partial charge in [0, 0.05) is 18.2 Å². The van der Waals surface area contributed by atoms with Crippen molar-refractivity contribution >= 4 is 11.9 Å². The highest BCUT2D eigenvalue weighted by Gasteiger charge is 2.24. The summed E-state index contributed by atoms with van der Waals surface area (Å²) < 4.78 is 36.9. The van der Waals surface area contributed by atoms with E-state index in [2.05, 4.69) is 5.32 Å². The lowest BCUT2D eigenvalue weighted by Crippen LogP contribution is -2.29. The minimum atomic E-state index is -1.55. The molecular formula is C21H15F2NO6. The summed E-state index contributed by atoms with van der Waals surface area (Å²) in [6.07, 6.45) is 0.692. The molecule has 0 saturated heterocycles. The summed E-state index contributed by atoms with van der Waals surface area (Å²) >= 11 is 0. The number of rotatable bonds is 7. The summed E-state index contributed by atoms with van der Waals surface area (Å²) in [5, 5.41) is 11.5. The van der Waals surface area contributed by atoms with Crippen LogP contribution in [0, 0.1) is 11.6 Å². The monoisotopic (exact) mass is 415 g/mol. The van der Waals surface area contributed by atoms with E-state index in [1.807, 2.05) is 0 Å². The topological polar surface area (TPSA) is 106 Å². The van der Waals surface area contributed by atoms with Gasteiger partial charge in [-0.3, -0.25) is 9.59 Å². The maximum absolute atomic E-state index is 13.7. The molecule has 7 nitrogen and oxygen atoms in total. The first-order valence-electron chi connectivity index (χ1n) is 8.64. The Morgan fingerprint density at radius 2 is 1.83 bits per heavy atom. The standard InChI is InChI=1S/C21H15F2NO6/c22-14-7-6-13(16(23)8-14)9-24-20(26)15-11-30-19(21(27)28)18(17(15)25)29-10-12-4-2-1-3-5-12/h1-8,11H,9-10H2,(H,24,26)(H,27,28). The number of nitrogens with one attached hydrogen (secondary N) is 1. The Balaban J connectivity index is 1.83. The Bertz CT molecular complexity index is 1140. The van der Waals surface area contributed by atoms with Crippen LogP contribution in [0.2, 0.25) is 0 Å². The third kappa shape index (κ3) is 4.69. The van der Waals surface area contributed by atoms with Crippen LogP contribution in [0.1, 0.15) is 32.0 Å². The van der Waals surface area contributed by atoms with E-state index < -0.39 is 46.0 Å². The van der Waals surface area contributed by atoms with E-state index in [0.717, 1.165) is 12.1 Å². The number of carboxylic acid groups (broad SMARTS) is 1. The predicted octanol–water partition coefficient (Wildman–Crippen LogP) is 3.13. The van der Waals surface area contributed by atoms with Gasteiger partial charge in [0.1, 0.15) is 30.1 Å². The molecule has 0 fully saturated rings. The lowest BCUT2D eigenvalue weighted by molar-refractivity contribution is 0.0648. The van der Waals surface area contributed by atoms with Crippen LogP contribution >= 0.6 is 0 Å². The van der Waals surface area contributed by atoms with E-state index >= 15 is 0 Å². The van der Waals surface area contributed by atoms with Gasteiger partial charge < -0.3 is 19.6 Å². The third-order valence-electron chi connectivity index (χ3n) is 4.07. The van der Waals surface area contributed by atoms with Crippen LogP contribution in [0.4, 0.5) is 8.78 Å². The maximum Gasteiger partial charge on any atom is 0.375 e. The van der Waals surface area contributed by atoms with E-state index in [4.69, 9.17) is 9.15 Å². The SMILES string of the molecule is O=C(O)c1occ(C(=O)NCc2ccc(F)cc2F)c(=O)c1OCc1ccccc1. The minimum absolute atomic E-state index is 0.00292. The predicted molar refractivity (Wildman–Crippen MR) is 100 cm³/mol. The zero-order valence-electron chi connectivity index (χ0n) is 15.4. The van der Waals surface area contributed by atoms with E-state index in [9.17, 15) is 28.3 Å². The molecule has 0 bridgehead atoms. The van der Waals surface area contributed by atoms with E-state index in [0.29, 0.717) is 17.9 Å². The number of aromatic carboxylic acids is 1. The van der Waals surface area contributed by atoms with Gasteiger partial charge in [-0.05, 0) is 11.6 Å². The third-order valence-corrected chi connectivity index (χ3v) is 4.07. The molecule has 0 saturated carbocycles. The van der Waals surface area contributed by atoms with E-state index in [-0.39, 0.29) is 18.7 Å². The molecule has 2 N–H and O–H groups in total. The molecule has 0 aliphatic heterocycles. The molecule has 1 heterocycles. The maximum atomic E-state index is 13.7. The fraction of sp³-hybridized carbons (Fsp3) is 0.0952. The lowest BCUT2D eigenvalue weighted by atomic mass is 10.2. The van der Waals surface area contributed by atoms with Gasteiger partial charge in [0.25, 0.3) is 11.7 Å². The Morgan fingerprint density at radius 3 is 2.50 bits per heavy atom. The average molecular weight is 415 g/mol. The van der Waals surface area contributed by atoms with Gasteiger partial charge in [-0.15, -0.1) is 0 Å². The highest BCUT2D eigenvalue weighted by molar-refractivity contribution is 5.95. The fourth-order valence-corrected chi connectivity index (χ4v) is 2.55. The summed E-state index contributed by atoms with van der Waals surface area (Å²) in [6.45, 7) is -0.455. The molecule has 3 aromatic rings. The first-order chi connectivity index (χ1) is 14.4. The second-order valence-corrected chi connectivity index (χ2v) is 6.13. The molecule has 0 aliphatic rings. The van der Waals surface area contributed by atoms with E-state index in [1.165, 1.54) is 0 Å². The number of hydrogen-bond donors (Lipinski definition) is 2. The number of halogens is 2. The van der Waals surface area contributed by atoms with Crippen LogP contribution in [0.25, 0.3) is 0 Å². The minimum Gasteiger partial charge on any atom is -0.481 e. The molecule has 30 heavy (non-hydrogen) atoms. The summed E-state index contributed by atoms with van der Waals surface area (Å²) in [7, 11) is 0. The van der Waals surface area contributed by atoms with Crippen molar-refractivity contribution in [1.29, 1.82) is 0 Å². The molecule has 9 heteroatoms. The smallest absolute Gasteiger partial charge is 0.375 e. The molecular weight excluding hydrogens is 400 g/mol. The van der Waals surface area contributed by atoms with Crippen molar-refractivity contribution in [2.24, 2.45) is 0 Å². The zero-order chi connectivity index (χ0) is 21.7. The van der Waals surface area contributed by atoms with Gasteiger partial charge in [-0.1, -0.05) is 36.4 Å². The van der Waals surface area contributed by atoms with Crippen molar-refractivity contribution in [2.75, 3.05) is 0 Å². The first kappa shape index (κ1) is 20.7. The summed E-state index contributed by atoms with van der Waals surface area (Å²) in [5.41, 5.74) is -0.857. The highest BCUT2D eigenvalue weighted by atomic mass is 19.1. The van der Waals surface area contributed by atoms with Crippen molar-refractivity contribution in [3.8, 4) is 5.75 Å². The zero-order valence-corrected chi connectivity index (χ0v) is 15.4. The van der Waals surface area contributed by atoms with Crippen LogP contribution < -0.4 is 15.5 Å². The molecule has 154 valence electrons. The number of amides is 1. The van der Waals surface area contributed by atoms with Crippen LogP contribution in [-0.4, -0.2) is 17.0 Å². The number of ether oxygens (including phenoxy) is 1. The molecule has 0 unspecified atom stereocenters. The summed E-state index contributed by atoms with van der Waals surface area (Å²) in [6, 6.07) is 11.5. The highest BCUT2D eigenvalue weighted by Crippen LogP contribution is 2.17. The van der Waals surface area contributed by atoms with Crippen LogP contribution in [0.15, 0.2) is 64.0 Å². The Morgan fingerprint density at radius 1 is 1.10 bits per heavy atom. The molecule has 1 aromatic heterocycles. The van der Waals surface area contributed by atoms with Gasteiger partial charge in [-0.25, -0.2) is 13.6 Å². The number of hydrogen-bond acceptors (Lipinski definition) is 5. The molecule has 3 rings (SSSR count). The van der Waals surface area contributed by atoms with Crippen molar-refractivity contribution in [2.45, 2.75) is 13.2 Å². The van der Waals surface area contributed by atoms with Crippen molar-refractivity contribution in [3.05, 3.63) is 99.1 Å². The van der Waals surface area contributed by atoms with Gasteiger partial charge >= 0.3 is 5.97 Å². The molecule has 1 amide bonds. The molecule has 0 spiro atoms. The quantitative estimate of drug-likeness (QED) is 0.614. The van der Waals surface area contributed by atoms with Crippen LogP contribution in [0.5, 0.6) is 5.75 Å². The molecule has 0 radical (unpaired) electrons. The fourth-order valence-electron chi connectivity index (χ4n) is 2.55. The van der Waals surface area contributed by atoms with Gasteiger partial charge in [0.2, 0.25) is 11.2 Å². The van der Waals surface area contributed by atoms with Crippen molar-refractivity contribution in [3.63, 3.8) is 0 Å². The number of benzene rings is 2. The van der Waals surface area contributed by atoms with Crippen LogP contribution in [-0.2, 0) is 13.2 Å². The number of carboxylic acids is 1. The Kier molecular flexibility index (Phi) is 6.21. The Hall–Kier alpha value is -4.01. The lowest BCUT2D eigenvalue weighted by Gasteiger charge is -2.10. The summed E-state index contributed by atoms with van der Waals surface area (Å²) in [4.78, 5) is 36.4. The molecule has 0 aliphatic carbocycles. The second kappa shape index (κ2) is 8.99. The average Bonchev–Trinajstić information content (AvgIpc) is 2.72. The normalized spacial score (nSPS) is 10.5. The van der Waals surface area contributed by atoms with Gasteiger partial charge in [-0.2, -0.15) is 0 Å². The first-order valence-corrected chi connectivity index (χ1v) is 8.64. The number of carbonyl (C=O) groups excluding carboxylic acids is 1. The Labute approximate surface area is 168 Å². The van der Waals surface area contributed by atoms with Crippen molar-refractivity contribution in [1.82, 2.24) is 5.32 Å².